The van der Waals surface area contributed by atoms with Crippen molar-refractivity contribution in [1.29, 1.82) is 0 Å². The second kappa shape index (κ2) is 5.89. The van der Waals surface area contributed by atoms with Gasteiger partial charge in [-0.3, -0.25) is 9.69 Å². The fourth-order valence-corrected chi connectivity index (χ4v) is 3.21. The van der Waals surface area contributed by atoms with Gasteiger partial charge < -0.3 is 0 Å². The van der Waals surface area contributed by atoms with Crippen molar-refractivity contribution in [2.75, 3.05) is 24.6 Å². The molecule has 1 aliphatic heterocycles. The van der Waals surface area contributed by atoms with Crippen LogP contribution in [0.15, 0.2) is 24.3 Å². The molecule has 1 fully saturated rings. The molecule has 0 N–H and O–H groups in total. The van der Waals surface area contributed by atoms with Gasteiger partial charge in [0.25, 0.3) is 0 Å². The minimum atomic E-state index is 0.159. The van der Waals surface area contributed by atoms with Gasteiger partial charge in [-0.25, -0.2) is 0 Å². The van der Waals surface area contributed by atoms with Gasteiger partial charge in [0.05, 0.1) is 6.54 Å². The summed E-state index contributed by atoms with van der Waals surface area (Å²) in [7, 11) is 0. The Morgan fingerprint density at radius 2 is 2.41 bits per heavy atom. The molecule has 92 valence electrons. The number of carbonyl (C=O) groups is 1. The fraction of sp³-hybridized carbons (Fsp3) is 0.462. The molecule has 0 aliphatic carbocycles. The molecule has 0 bridgehead atoms. The third-order valence-corrected chi connectivity index (χ3v) is 4.42. The SMILES string of the molecule is CC1CSCCN1CC(=O)c1cccc(Cl)c1. The van der Waals surface area contributed by atoms with E-state index in [1.54, 1.807) is 12.1 Å². The van der Waals surface area contributed by atoms with Crippen molar-refractivity contribution in [1.82, 2.24) is 4.90 Å². The molecule has 2 rings (SSSR count). The van der Waals surface area contributed by atoms with E-state index in [1.807, 2.05) is 23.9 Å². The fourth-order valence-electron chi connectivity index (χ4n) is 1.93. The first kappa shape index (κ1) is 12.9. The summed E-state index contributed by atoms with van der Waals surface area (Å²) in [5.41, 5.74) is 0.711. The molecule has 2 nitrogen and oxygen atoms in total. The Morgan fingerprint density at radius 3 is 3.12 bits per heavy atom. The lowest BCUT2D eigenvalue weighted by Crippen LogP contribution is -2.43. The molecule has 0 amide bonds. The van der Waals surface area contributed by atoms with Crippen LogP contribution in [0.4, 0.5) is 0 Å². The Labute approximate surface area is 111 Å². The van der Waals surface area contributed by atoms with Crippen LogP contribution in [0.5, 0.6) is 0 Å². The van der Waals surface area contributed by atoms with Crippen LogP contribution >= 0.6 is 23.4 Å². The highest BCUT2D eigenvalue weighted by atomic mass is 35.5. The van der Waals surface area contributed by atoms with E-state index in [9.17, 15) is 4.79 Å². The first-order valence-corrected chi connectivity index (χ1v) is 7.30. The van der Waals surface area contributed by atoms with Crippen LogP contribution in [0.3, 0.4) is 0 Å². The molecule has 0 radical (unpaired) electrons. The number of carbonyl (C=O) groups excluding carboxylic acids is 1. The van der Waals surface area contributed by atoms with Crippen LogP contribution in [0, 0.1) is 0 Å². The number of rotatable bonds is 3. The number of halogens is 1. The van der Waals surface area contributed by atoms with Crippen LogP contribution < -0.4 is 0 Å². The maximum absolute atomic E-state index is 12.1. The van der Waals surface area contributed by atoms with Crippen LogP contribution in [-0.2, 0) is 0 Å². The quantitative estimate of drug-likeness (QED) is 0.787. The van der Waals surface area contributed by atoms with Crippen molar-refractivity contribution in [3.63, 3.8) is 0 Å². The normalized spacial score (nSPS) is 21.4. The summed E-state index contributed by atoms with van der Waals surface area (Å²) < 4.78 is 0. The Morgan fingerprint density at radius 1 is 1.59 bits per heavy atom. The Balaban J connectivity index is 2.01. The topological polar surface area (TPSA) is 20.3 Å². The highest BCUT2D eigenvalue weighted by molar-refractivity contribution is 7.99. The van der Waals surface area contributed by atoms with Crippen molar-refractivity contribution in [2.24, 2.45) is 0 Å². The smallest absolute Gasteiger partial charge is 0.176 e. The average Bonchev–Trinajstić information content (AvgIpc) is 2.32. The van der Waals surface area contributed by atoms with Gasteiger partial charge in [-0.15, -0.1) is 0 Å². The summed E-state index contributed by atoms with van der Waals surface area (Å²) >= 11 is 7.85. The number of nitrogens with zero attached hydrogens (tertiary/aromatic N) is 1. The Hall–Kier alpha value is -0.510. The summed E-state index contributed by atoms with van der Waals surface area (Å²) in [5, 5.41) is 0.623. The monoisotopic (exact) mass is 269 g/mol. The lowest BCUT2D eigenvalue weighted by Gasteiger charge is -2.32. The number of Topliss-reactive ketones (excluding diaryl/α,β-unsaturated/α-hetero) is 1. The van der Waals surface area contributed by atoms with Gasteiger partial charge in [0, 0.05) is 34.7 Å². The Kier molecular flexibility index (Phi) is 4.48. The molecular formula is C13H16ClNOS. The molecule has 0 spiro atoms. The third kappa shape index (κ3) is 3.47. The van der Waals surface area contributed by atoms with Crippen molar-refractivity contribution in [3.8, 4) is 0 Å². The molecule has 1 heterocycles. The van der Waals surface area contributed by atoms with Crippen LogP contribution in [0.2, 0.25) is 5.02 Å². The molecule has 1 aromatic rings. The highest BCUT2D eigenvalue weighted by Gasteiger charge is 2.21. The second-order valence-corrected chi connectivity index (χ2v) is 5.91. The zero-order valence-corrected chi connectivity index (χ0v) is 11.4. The van der Waals surface area contributed by atoms with E-state index in [4.69, 9.17) is 11.6 Å². The van der Waals surface area contributed by atoms with Crippen LogP contribution in [0.1, 0.15) is 17.3 Å². The number of thioether (sulfide) groups is 1. The van der Waals surface area contributed by atoms with Gasteiger partial charge in [0.1, 0.15) is 0 Å². The van der Waals surface area contributed by atoms with E-state index in [2.05, 4.69) is 11.8 Å². The largest absolute Gasteiger partial charge is 0.293 e. The number of ketones is 1. The first-order valence-electron chi connectivity index (χ1n) is 5.77. The predicted molar refractivity (Wildman–Crippen MR) is 74.1 cm³/mol. The first-order chi connectivity index (χ1) is 8.16. The van der Waals surface area contributed by atoms with E-state index < -0.39 is 0 Å². The van der Waals surface area contributed by atoms with Crippen LogP contribution in [-0.4, -0.2) is 41.3 Å². The lowest BCUT2D eigenvalue weighted by atomic mass is 10.1. The number of benzene rings is 1. The molecule has 1 atom stereocenters. The van der Waals surface area contributed by atoms with Crippen molar-refractivity contribution < 1.29 is 4.79 Å². The molecule has 4 heteroatoms. The molecule has 1 aliphatic rings. The summed E-state index contributed by atoms with van der Waals surface area (Å²) in [6, 6.07) is 7.67. The predicted octanol–water partition coefficient (Wildman–Crippen LogP) is 2.96. The van der Waals surface area contributed by atoms with E-state index in [1.165, 1.54) is 0 Å². The average molecular weight is 270 g/mol. The molecule has 0 saturated carbocycles. The highest BCUT2D eigenvalue weighted by Crippen LogP contribution is 2.17. The summed E-state index contributed by atoms with van der Waals surface area (Å²) in [6.07, 6.45) is 0. The molecule has 1 unspecified atom stereocenters. The lowest BCUT2D eigenvalue weighted by molar-refractivity contribution is 0.0911. The molecule has 0 aromatic heterocycles. The number of hydrogen-bond donors (Lipinski definition) is 0. The third-order valence-electron chi connectivity index (χ3n) is 3.00. The standard InChI is InChI=1S/C13H16ClNOS/c1-10-9-17-6-5-15(10)8-13(16)11-3-2-4-12(14)7-11/h2-4,7,10H,5-6,8-9H2,1H3. The van der Waals surface area contributed by atoms with Crippen molar-refractivity contribution in [2.45, 2.75) is 13.0 Å². The van der Waals surface area contributed by atoms with E-state index in [0.717, 1.165) is 18.1 Å². The Bertz CT molecular complexity index is 410. The number of hydrogen-bond acceptors (Lipinski definition) is 3. The zero-order valence-electron chi connectivity index (χ0n) is 9.86. The van der Waals surface area contributed by atoms with E-state index >= 15 is 0 Å². The van der Waals surface area contributed by atoms with Crippen molar-refractivity contribution >= 4 is 29.1 Å². The van der Waals surface area contributed by atoms with E-state index in [0.29, 0.717) is 23.2 Å². The van der Waals surface area contributed by atoms with Gasteiger partial charge in [-0.2, -0.15) is 11.8 Å². The van der Waals surface area contributed by atoms with Gasteiger partial charge in [0.15, 0.2) is 5.78 Å². The maximum atomic E-state index is 12.1. The molecule has 1 aromatic carbocycles. The van der Waals surface area contributed by atoms with Gasteiger partial charge in [0.2, 0.25) is 0 Å². The van der Waals surface area contributed by atoms with Crippen LogP contribution in [0.25, 0.3) is 0 Å². The van der Waals surface area contributed by atoms with E-state index in [-0.39, 0.29) is 5.78 Å². The molecular weight excluding hydrogens is 254 g/mol. The van der Waals surface area contributed by atoms with Gasteiger partial charge in [-0.05, 0) is 19.1 Å². The van der Waals surface area contributed by atoms with Crippen molar-refractivity contribution in [3.05, 3.63) is 34.9 Å². The second-order valence-electron chi connectivity index (χ2n) is 4.33. The minimum Gasteiger partial charge on any atom is -0.293 e. The summed E-state index contributed by atoms with van der Waals surface area (Å²) in [4.78, 5) is 14.4. The van der Waals surface area contributed by atoms with Gasteiger partial charge in [-0.1, -0.05) is 23.7 Å². The minimum absolute atomic E-state index is 0.159. The maximum Gasteiger partial charge on any atom is 0.176 e. The summed E-state index contributed by atoms with van der Waals surface area (Å²) in [5.74, 6) is 2.39. The summed E-state index contributed by atoms with van der Waals surface area (Å²) in [6.45, 7) is 3.68. The van der Waals surface area contributed by atoms with Gasteiger partial charge >= 0.3 is 0 Å². The molecule has 1 saturated heterocycles. The molecule has 17 heavy (non-hydrogen) atoms. The zero-order chi connectivity index (χ0) is 12.3.